The lowest BCUT2D eigenvalue weighted by atomic mass is 9.98. The summed E-state index contributed by atoms with van der Waals surface area (Å²) in [6.45, 7) is 5.11. The van der Waals surface area contributed by atoms with Crippen LogP contribution in [0.5, 0.6) is 5.75 Å². The number of fused-ring (bicyclic) bond motifs is 1. The van der Waals surface area contributed by atoms with Crippen LogP contribution in [0.2, 0.25) is 0 Å². The third-order valence-electron chi connectivity index (χ3n) is 6.17. The molecule has 0 radical (unpaired) electrons. The topological polar surface area (TPSA) is 49.9 Å². The summed E-state index contributed by atoms with van der Waals surface area (Å²) >= 11 is 0. The van der Waals surface area contributed by atoms with E-state index in [-0.39, 0.29) is 11.8 Å². The summed E-state index contributed by atoms with van der Waals surface area (Å²) in [5.74, 6) is 0.0146. The van der Waals surface area contributed by atoms with Gasteiger partial charge in [-0.25, -0.2) is 4.90 Å². The first-order valence-corrected chi connectivity index (χ1v) is 11.4. The van der Waals surface area contributed by atoms with Gasteiger partial charge in [-0.05, 0) is 56.0 Å². The van der Waals surface area contributed by atoms with Crippen LogP contribution in [0.4, 0.5) is 11.4 Å². The number of aryl methyl sites for hydroxylation is 2. The van der Waals surface area contributed by atoms with Gasteiger partial charge in [-0.1, -0.05) is 54.1 Å². The fraction of sp³-hybridized carbons (Fsp3) is 0.214. The smallest absolute Gasteiger partial charge is 0.282 e. The summed E-state index contributed by atoms with van der Waals surface area (Å²) in [5, 5.41) is 0. The van der Waals surface area contributed by atoms with Crippen molar-refractivity contribution < 1.29 is 14.3 Å². The number of hydrogen-bond donors (Lipinski definition) is 0. The zero-order valence-corrected chi connectivity index (χ0v) is 18.9. The summed E-state index contributed by atoms with van der Waals surface area (Å²) in [4.78, 5) is 31.0. The molecule has 2 aliphatic rings. The van der Waals surface area contributed by atoms with E-state index < -0.39 is 0 Å². The molecule has 0 saturated heterocycles. The third kappa shape index (κ3) is 3.69. The number of anilines is 2. The van der Waals surface area contributed by atoms with E-state index in [0.717, 1.165) is 29.7 Å². The predicted molar refractivity (Wildman–Crippen MR) is 130 cm³/mol. The number of carbonyl (C=O) groups is 2. The van der Waals surface area contributed by atoms with Crippen molar-refractivity contribution in [3.05, 3.63) is 95.2 Å². The Morgan fingerprint density at radius 1 is 0.909 bits per heavy atom. The normalized spacial score (nSPS) is 15.8. The molecule has 33 heavy (non-hydrogen) atoms. The first-order chi connectivity index (χ1) is 16.1. The van der Waals surface area contributed by atoms with Gasteiger partial charge in [0.1, 0.15) is 11.4 Å². The molecule has 0 bridgehead atoms. The molecule has 0 unspecified atom stereocenters. The molecule has 0 aliphatic carbocycles. The molecule has 2 heterocycles. The molecule has 5 nitrogen and oxygen atoms in total. The Morgan fingerprint density at radius 2 is 1.70 bits per heavy atom. The molecular weight excluding hydrogens is 412 g/mol. The largest absolute Gasteiger partial charge is 0.494 e. The quantitative estimate of drug-likeness (QED) is 0.518. The number of amides is 2. The van der Waals surface area contributed by atoms with Crippen LogP contribution in [0.25, 0.3) is 5.57 Å². The van der Waals surface area contributed by atoms with Crippen LogP contribution in [0, 0.1) is 6.92 Å². The Bertz CT molecular complexity index is 1260. The fourth-order valence-corrected chi connectivity index (χ4v) is 4.63. The van der Waals surface area contributed by atoms with Gasteiger partial charge in [0.15, 0.2) is 0 Å². The monoisotopic (exact) mass is 438 g/mol. The lowest BCUT2D eigenvalue weighted by Crippen LogP contribution is -2.37. The van der Waals surface area contributed by atoms with Crippen LogP contribution in [-0.2, 0) is 16.0 Å². The van der Waals surface area contributed by atoms with E-state index in [1.807, 2.05) is 67.3 Å². The minimum Gasteiger partial charge on any atom is -0.494 e. The highest BCUT2D eigenvalue weighted by Gasteiger charge is 2.43. The van der Waals surface area contributed by atoms with Crippen molar-refractivity contribution in [3.8, 4) is 5.75 Å². The summed E-state index contributed by atoms with van der Waals surface area (Å²) < 4.78 is 5.62. The van der Waals surface area contributed by atoms with Gasteiger partial charge in [-0.2, -0.15) is 0 Å². The third-order valence-corrected chi connectivity index (χ3v) is 6.17. The number of imide groups is 1. The maximum Gasteiger partial charge on any atom is 0.282 e. The van der Waals surface area contributed by atoms with Gasteiger partial charge >= 0.3 is 0 Å². The molecule has 0 fully saturated rings. The lowest BCUT2D eigenvalue weighted by molar-refractivity contribution is -0.120. The van der Waals surface area contributed by atoms with Crippen molar-refractivity contribution in [1.29, 1.82) is 0 Å². The first kappa shape index (κ1) is 21.0. The predicted octanol–water partition coefficient (Wildman–Crippen LogP) is 5.13. The van der Waals surface area contributed by atoms with Gasteiger partial charge in [-0.15, -0.1) is 0 Å². The highest BCUT2D eigenvalue weighted by Crippen LogP contribution is 2.40. The molecule has 3 aromatic rings. The lowest BCUT2D eigenvalue weighted by Gasteiger charge is -2.32. The van der Waals surface area contributed by atoms with Gasteiger partial charge in [0.2, 0.25) is 0 Å². The SMILES string of the molecule is CCOc1cccc(N2C(=O)C(c3ccc(C)cc3)=C(N3CCCc4ccccc43)C2=O)c1. The van der Waals surface area contributed by atoms with Gasteiger partial charge in [-0.3, -0.25) is 9.59 Å². The Labute approximate surface area is 193 Å². The molecule has 166 valence electrons. The molecule has 2 aliphatic heterocycles. The van der Waals surface area contributed by atoms with E-state index in [0.29, 0.717) is 35.9 Å². The van der Waals surface area contributed by atoms with Crippen LogP contribution < -0.4 is 14.5 Å². The van der Waals surface area contributed by atoms with E-state index in [2.05, 4.69) is 6.07 Å². The summed E-state index contributed by atoms with van der Waals surface area (Å²) in [5.41, 5.74) is 5.44. The Morgan fingerprint density at radius 3 is 2.48 bits per heavy atom. The van der Waals surface area contributed by atoms with Crippen molar-refractivity contribution in [2.24, 2.45) is 0 Å². The average Bonchev–Trinajstić information content (AvgIpc) is 3.09. The number of ether oxygens (including phenoxy) is 1. The van der Waals surface area contributed by atoms with Crippen LogP contribution in [0.15, 0.2) is 78.5 Å². The second kappa shape index (κ2) is 8.58. The van der Waals surface area contributed by atoms with Gasteiger partial charge in [0.05, 0.1) is 17.9 Å². The highest BCUT2D eigenvalue weighted by atomic mass is 16.5. The molecule has 0 aromatic heterocycles. The molecule has 5 rings (SSSR count). The molecule has 3 aromatic carbocycles. The fourth-order valence-electron chi connectivity index (χ4n) is 4.63. The maximum atomic E-state index is 13.9. The standard InChI is InChI=1S/C28H26N2O3/c1-3-33-23-11-6-10-22(18-23)30-27(31)25(21-15-13-19(2)14-16-21)26(28(30)32)29-17-7-9-20-8-4-5-12-24(20)29/h4-6,8,10-16,18H,3,7,9,17H2,1-2H3. The minimum atomic E-state index is -0.310. The second-order valence-corrected chi connectivity index (χ2v) is 8.35. The Kier molecular flexibility index (Phi) is 5.47. The van der Waals surface area contributed by atoms with Crippen LogP contribution in [0.3, 0.4) is 0 Å². The second-order valence-electron chi connectivity index (χ2n) is 8.35. The van der Waals surface area contributed by atoms with Crippen molar-refractivity contribution >= 4 is 28.8 Å². The Balaban J connectivity index is 1.66. The Hall–Kier alpha value is -3.86. The zero-order chi connectivity index (χ0) is 22.9. The van der Waals surface area contributed by atoms with Crippen molar-refractivity contribution in [2.75, 3.05) is 23.0 Å². The van der Waals surface area contributed by atoms with Gasteiger partial charge in [0, 0.05) is 18.3 Å². The highest BCUT2D eigenvalue weighted by molar-refractivity contribution is 6.46. The van der Waals surface area contributed by atoms with Crippen LogP contribution >= 0.6 is 0 Å². The summed E-state index contributed by atoms with van der Waals surface area (Å²) in [6, 6.07) is 23.1. The number of carbonyl (C=O) groups excluding carboxylic acids is 2. The molecule has 2 amide bonds. The first-order valence-electron chi connectivity index (χ1n) is 11.4. The number of para-hydroxylation sites is 1. The average molecular weight is 439 g/mol. The molecule has 0 saturated carbocycles. The number of rotatable bonds is 5. The van der Waals surface area contributed by atoms with E-state index in [1.165, 1.54) is 10.5 Å². The maximum absolute atomic E-state index is 13.9. The van der Waals surface area contributed by atoms with Crippen molar-refractivity contribution in [1.82, 2.24) is 0 Å². The minimum absolute atomic E-state index is 0.305. The summed E-state index contributed by atoms with van der Waals surface area (Å²) in [7, 11) is 0. The molecular formula is C28H26N2O3. The molecule has 0 N–H and O–H groups in total. The van der Waals surface area contributed by atoms with E-state index in [4.69, 9.17) is 4.74 Å². The zero-order valence-electron chi connectivity index (χ0n) is 18.9. The van der Waals surface area contributed by atoms with Crippen LogP contribution in [0.1, 0.15) is 30.0 Å². The number of nitrogens with zero attached hydrogens (tertiary/aromatic N) is 2. The van der Waals surface area contributed by atoms with Crippen molar-refractivity contribution in [3.63, 3.8) is 0 Å². The van der Waals surface area contributed by atoms with Gasteiger partial charge < -0.3 is 9.64 Å². The van der Waals surface area contributed by atoms with E-state index in [9.17, 15) is 9.59 Å². The van der Waals surface area contributed by atoms with Gasteiger partial charge in [0.25, 0.3) is 11.8 Å². The van der Waals surface area contributed by atoms with E-state index in [1.54, 1.807) is 18.2 Å². The van der Waals surface area contributed by atoms with E-state index >= 15 is 0 Å². The number of hydrogen-bond acceptors (Lipinski definition) is 4. The molecule has 0 spiro atoms. The number of benzene rings is 3. The summed E-state index contributed by atoms with van der Waals surface area (Å²) in [6.07, 6.45) is 1.88. The van der Waals surface area contributed by atoms with Crippen molar-refractivity contribution in [2.45, 2.75) is 26.7 Å². The van der Waals surface area contributed by atoms with Crippen LogP contribution in [-0.4, -0.2) is 25.0 Å². The molecule has 5 heteroatoms. The molecule has 0 atom stereocenters.